The molecule has 2 fully saturated rings. The Balaban J connectivity index is 0.00000289. The van der Waals surface area contributed by atoms with Gasteiger partial charge in [0, 0.05) is 45.3 Å². The maximum absolute atomic E-state index is 13.0. The maximum atomic E-state index is 13.0. The highest BCUT2D eigenvalue weighted by molar-refractivity contribution is 5.93. The van der Waals surface area contributed by atoms with Gasteiger partial charge in [-0.3, -0.25) is 4.90 Å². The number of nitrogens with zero attached hydrogens (tertiary/aromatic N) is 5. The fourth-order valence-electron chi connectivity index (χ4n) is 4.49. The molecule has 4 rings (SSSR count). The van der Waals surface area contributed by atoms with Crippen molar-refractivity contribution in [3.05, 3.63) is 36.0 Å². The molecule has 1 aromatic heterocycles. The van der Waals surface area contributed by atoms with Crippen molar-refractivity contribution in [1.29, 1.82) is 0 Å². The van der Waals surface area contributed by atoms with E-state index in [2.05, 4.69) is 52.1 Å². The molecule has 1 N–H and O–H groups in total. The van der Waals surface area contributed by atoms with E-state index in [4.69, 9.17) is 4.52 Å². The van der Waals surface area contributed by atoms with Gasteiger partial charge in [0.2, 0.25) is 5.89 Å². The van der Waals surface area contributed by atoms with Crippen molar-refractivity contribution < 1.29 is 9.32 Å². The summed E-state index contributed by atoms with van der Waals surface area (Å²) >= 11 is 0. The van der Waals surface area contributed by atoms with Crippen LogP contribution in [0, 0.1) is 6.92 Å². The summed E-state index contributed by atoms with van der Waals surface area (Å²) in [7, 11) is 0. The number of nitrogens with one attached hydrogen (secondary N) is 1. The van der Waals surface area contributed by atoms with E-state index in [9.17, 15) is 4.79 Å². The highest BCUT2D eigenvalue weighted by atomic mass is 35.5. The zero-order chi connectivity index (χ0) is 22.0. The second-order valence-electron chi connectivity index (χ2n) is 9.26. The smallest absolute Gasteiger partial charge is 0.321 e. The third kappa shape index (κ3) is 5.18. The second kappa shape index (κ2) is 10.1. The number of hydrogen-bond donors (Lipinski definition) is 1. The summed E-state index contributed by atoms with van der Waals surface area (Å²) in [5, 5.41) is 7.09. The molecule has 0 bridgehead atoms. The molecular formula is C23H35ClN6O2. The summed E-state index contributed by atoms with van der Waals surface area (Å²) in [5.74, 6) is 1.33. The van der Waals surface area contributed by atoms with Crippen LogP contribution in [0.3, 0.4) is 0 Å². The Morgan fingerprint density at radius 2 is 1.75 bits per heavy atom. The van der Waals surface area contributed by atoms with Gasteiger partial charge in [-0.1, -0.05) is 24.2 Å². The van der Waals surface area contributed by atoms with Crippen LogP contribution in [0.2, 0.25) is 0 Å². The number of piperidine rings is 1. The fourth-order valence-corrected chi connectivity index (χ4v) is 4.49. The van der Waals surface area contributed by atoms with Gasteiger partial charge < -0.3 is 19.6 Å². The summed E-state index contributed by atoms with van der Waals surface area (Å²) in [5.41, 5.74) is 1.81. The molecule has 1 aromatic carbocycles. The average molecular weight is 463 g/mol. The fraction of sp³-hybridized carbons (Fsp3) is 0.609. The predicted molar refractivity (Wildman–Crippen MR) is 129 cm³/mol. The van der Waals surface area contributed by atoms with E-state index >= 15 is 0 Å². The quantitative estimate of drug-likeness (QED) is 0.742. The highest BCUT2D eigenvalue weighted by Crippen LogP contribution is 2.34. The number of hydrogen-bond acceptors (Lipinski definition) is 6. The Kier molecular flexibility index (Phi) is 7.67. The topological polar surface area (TPSA) is 77.7 Å². The zero-order valence-electron chi connectivity index (χ0n) is 19.5. The van der Waals surface area contributed by atoms with Crippen LogP contribution in [0.5, 0.6) is 0 Å². The first kappa shape index (κ1) is 24.3. The number of aromatic nitrogens is 2. The monoisotopic (exact) mass is 462 g/mol. The number of carbonyl (C=O) groups is 1. The SMILES string of the molecule is Cc1noc(C2(C)CCN(C(=O)Nc3ccccc3N3CCN(C(C)C)CC3)CC2)n1.Cl. The second-order valence-corrected chi connectivity index (χ2v) is 9.26. The van der Waals surface area contributed by atoms with Crippen molar-refractivity contribution in [3.8, 4) is 0 Å². The van der Waals surface area contributed by atoms with Gasteiger partial charge in [0.05, 0.1) is 16.8 Å². The molecule has 8 nitrogen and oxygen atoms in total. The molecule has 0 radical (unpaired) electrons. The first-order valence-electron chi connectivity index (χ1n) is 11.3. The molecule has 2 aromatic rings. The molecule has 2 amide bonds. The van der Waals surface area contributed by atoms with E-state index in [-0.39, 0.29) is 23.9 Å². The molecule has 2 aliphatic heterocycles. The number of amides is 2. The number of likely N-dealkylation sites (tertiary alicyclic amines) is 1. The lowest BCUT2D eigenvalue weighted by molar-refractivity contribution is 0.155. The van der Waals surface area contributed by atoms with Gasteiger partial charge in [0.1, 0.15) is 0 Å². The molecule has 0 aliphatic carbocycles. The standard InChI is InChI=1S/C23H34N6O2.ClH/c1-17(2)27-13-15-28(16-14-27)20-8-6-5-7-19(20)25-22(30)29-11-9-23(4,10-12-29)21-24-18(3)26-31-21;/h5-8,17H,9-16H2,1-4H3,(H,25,30);1H. The van der Waals surface area contributed by atoms with E-state index in [1.165, 1.54) is 0 Å². The van der Waals surface area contributed by atoms with Crippen molar-refractivity contribution >= 4 is 29.8 Å². The molecule has 176 valence electrons. The van der Waals surface area contributed by atoms with E-state index in [1.807, 2.05) is 30.0 Å². The number of benzene rings is 1. The molecule has 3 heterocycles. The lowest BCUT2D eigenvalue weighted by Crippen LogP contribution is -2.49. The lowest BCUT2D eigenvalue weighted by atomic mass is 9.80. The van der Waals surface area contributed by atoms with Gasteiger partial charge in [-0.25, -0.2) is 4.79 Å². The van der Waals surface area contributed by atoms with Gasteiger partial charge in [0.25, 0.3) is 0 Å². The van der Waals surface area contributed by atoms with Crippen molar-refractivity contribution in [1.82, 2.24) is 19.9 Å². The summed E-state index contributed by atoms with van der Waals surface area (Å²) in [6.45, 7) is 13.8. The molecule has 2 aliphatic rings. The lowest BCUT2D eigenvalue weighted by Gasteiger charge is -2.39. The maximum Gasteiger partial charge on any atom is 0.321 e. The number of para-hydroxylation sites is 2. The first-order chi connectivity index (χ1) is 14.9. The molecular weight excluding hydrogens is 428 g/mol. The van der Waals surface area contributed by atoms with Crippen LogP contribution in [-0.4, -0.2) is 71.3 Å². The van der Waals surface area contributed by atoms with E-state index in [1.54, 1.807) is 0 Å². The van der Waals surface area contributed by atoms with E-state index in [0.717, 1.165) is 50.4 Å². The van der Waals surface area contributed by atoms with Gasteiger partial charge in [0.15, 0.2) is 5.82 Å². The number of anilines is 2. The summed E-state index contributed by atoms with van der Waals surface area (Å²) in [6, 6.07) is 8.64. The Morgan fingerprint density at radius 1 is 1.09 bits per heavy atom. The average Bonchev–Trinajstić information content (AvgIpc) is 3.22. The molecule has 0 atom stereocenters. The molecule has 0 unspecified atom stereocenters. The largest absolute Gasteiger partial charge is 0.367 e. The van der Waals surface area contributed by atoms with Crippen LogP contribution in [0.25, 0.3) is 0 Å². The number of urea groups is 1. The molecule has 0 saturated carbocycles. The number of piperazine rings is 1. The van der Waals surface area contributed by atoms with Crippen molar-refractivity contribution in [2.24, 2.45) is 0 Å². The number of rotatable bonds is 4. The summed E-state index contributed by atoms with van der Waals surface area (Å²) < 4.78 is 5.41. The minimum Gasteiger partial charge on any atom is -0.367 e. The Labute approximate surface area is 196 Å². The summed E-state index contributed by atoms with van der Waals surface area (Å²) in [4.78, 5) is 24.2. The minimum atomic E-state index is -0.175. The van der Waals surface area contributed by atoms with Gasteiger partial charge in [-0.05, 0) is 45.7 Å². The van der Waals surface area contributed by atoms with Crippen molar-refractivity contribution in [2.45, 2.75) is 52.0 Å². The Morgan fingerprint density at radius 3 is 2.34 bits per heavy atom. The van der Waals surface area contributed by atoms with Crippen LogP contribution < -0.4 is 10.2 Å². The van der Waals surface area contributed by atoms with Crippen molar-refractivity contribution in [3.63, 3.8) is 0 Å². The van der Waals surface area contributed by atoms with Crippen LogP contribution in [0.15, 0.2) is 28.8 Å². The van der Waals surface area contributed by atoms with Gasteiger partial charge >= 0.3 is 6.03 Å². The molecule has 0 spiro atoms. The van der Waals surface area contributed by atoms with E-state index in [0.29, 0.717) is 30.8 Å². The molecule has 2 saturated heterocycles. The van der Waals surface area contributed by atoms with Crippen LogP contribution >= 0.6 is 12.4 Å². The van der Waals surface area contributed by atoms with Crippen molar-refractivity contribution in [2.75, 3.05) is 49.5 Å². The normalized spacial score (nSPS) is 19.0. The minimum absolute atomic E-state index is 0. The third-order valence-electron chi connectivity index (χ3n) is 6.73. The highest BCUT2D eigenvalue weighted by Gasteiger charge is 2.38. The zero-order valence-corrected chi connectivity index (χ0v) is 20.3. The van der Waals surface area contributed by atoms with Crippen LogP contribution in [0.4, 0.5) is 16.2 Å². The Bertz CT molecular complexity index is 901. The third-order valence-corrected chi connectivity index (χ3v) is 6.73. The number of halogens is 1. The molecule has 9 heteroatoms. The Hall–Kier alpha value is -2.32. The van der Waals surface area contributed by atoms with Gasteiger partial charge in [-0.2, -0.15) is 4.98 Å². The van der Waals surface area contributed by atoms with Crippen LogP contribution in [-0.2, 0) is 5.41 Å². The predicted octanol–water partition coefficient (Wildman–Crippen LogP) is 3.92. The number of carbonyl (C=O) groups excluding carboxylic acids is 1. The van der Waals surface area contributed by atoms with Crippen LogP contribution in [0.1, 0.15) is 45.3 Å². The summed E-state index contributed by atoms with van der Waals surface area (Å²) in [6.07, 6.45) is 1.61. The first-order valence-corrected chi connectivity index (χ1v) is 11.3. The number of aryl methyl sites for hydroxylation is 1. The van der Waals surface area contributed by atoms with Gasteiger partial charge in [-0.15, -0.1) is 12.4 Å². The van der Waals surface area contributed by atoms with E-state index < -0.39 is 0 Å². The molecule has 32 heavy (non-hydrogen) atoms.